The zero-order valence-electron chi connectivity index (χ0n) is 6.54. The smallest absolute Gasteiger partial charge is 0.338 e. The Kier molecular flexibility index (Phi) is 3.11. The molecule has 1 heterocycles. The fraction of sp³-hybridized carbons (Fsp3) is 0.143. The zero-order chi connectivity index (χ0) is 10.0. The maximum Gasteiger partial charge on any atom is 0.338 e. The third-order valence-corrected chi connectivity index (χ3v) is 2.30. The first kappa shape index (κ1) is 10.3. The van der Waals surface area contributed by atoms with Crippen LogP contribution < -0.4 is 4.74 Å². The second kappa shape index (κ2) is 3.93. The number of halogens is 2. The van der Waals surface area contributed by atoms with Crippen LogP contribution in [0.3, 0.4) is 0 Å². The van der Waals surface area contributed by atoms with Crippen LogP contribution in [0.2, 0.25) is 5.02 Å². The van der Waals surface area contributed by atoms with Crippen molar-refractivity contribution in [2.75, 3.05) is 7.11 Å². The molecule has 0 radical (unpaired) electrons. The average molecular weight is 266 g/mol. The molecule has 6 heteroatoms. The normalized spacial score (nSPS) is 9.77. The monoisotopic (exact) mass is 265 g/mol. The summed E-state index contributed by atoms with van der Waals surface area (Å²) >= 11 is 8.74. The van der Waals surface area contributed by atoms with Gasteiger partial charge in [0.2, 0.25) is 5.88 Å². The van der Waals surface area contributed by atoms with E-state index in [4.69, 9.17) is 21.4 Å². The van der Waals surface area contributed by atoms with Crippen molar-refractivity contribution < 1.29 is 14.6 Å². The number of ether oxygens (including phenoxy) is 1. The number of aromatic nitrogens is 1. The highest BCUT2D eigenvalue weighted by atomic mass is 79.9. The molecule has 0 bridgehead atoms. The number of carboxylic acids is 1. The summed E-state index contributed by atoms with van der Waals surface area (Å²) in [6.45, 7) is 0. The third kappa shape index (κ3) is 1.92. The summed E-state index contributed by atoms with van der Waals surface area (Å²) in [5.41, 5.74) is -0.0477. The van der Waals surface area contributed by atoms with Crippen molar-refractivity contribution in [2.45, 2.75) is 0 Å². The minimum absolute atomic E-state index is 0.00984. The van der Waals surface area contributed by atoms with E-state index in [-0.39, 0.29) is 16.5 Å². The van der Waals surface area contributed by atoms with Gasteiger partial charge in [-0.25, -0.2) is 9.78 Å². The van der Waals surface area contributed by atoms with E-state index in [1.807, 2.05) is 0 Å². The Labute approximate surface area is 87.6 Å². The Bertz CT molecular complexity index is 356. The summed E-state index contributed by atoms with van der Waals surface area (Å²) in [7, 11) is 1.37. The number of hydrogen-bond acceptors (Lipinski definition) is 3. The first-order valence-electron chi connectivity index (χ1n) is 3.19. The van der Waals surface area contributed by atoms with Gasteiger partial charge in [-0.1, -0.05) is 11.6 Å². The van der Waals surface area contributed by atoms with E-state index in [1.165, 1.54) is 13.3 Å². The lowest BCUT2D eigenvalue weighted by Crippen LogP contribution is -2.02. The molecule has 70 valence electrons. The second-order valence-corrected chi connectivity index (χ2v) is 3.34. The molecule has 0 aliphatic rings. The van der Waals surface area contributed by atoms with Gasteiger partial charge in [0.1, 0.15) is 5.02 Å². The van der Waals surface area contributed by atoms with Gasteiger partial charge in [0, 0.05) is 6.20 Å². The average Bonchev–Trinajstić information content (AvgIpc) is 2.04. The van der Waals surface area contributed by atoms with Gasteiger partial charge < -0.3 is 9.84 Å². The third-order valence-electron chi connectivity index (χ3n) is 1.35. The quantitative estimate of drug-likeness (QED) is 0.891. The van der Waals surface area contributed by atoms with Gasteiger partial charge in [0.15, 0.2) is 0 Å². The highest BCUT2D eigenvalue weighted by molar-refractivity contribution is 9.10. The fourth-order valence-corrected chi connectivity index (χ4v) is 1.68. The Hall–Kier alpha value is -0.810. The minimum Gasteiger partial charge on any atom is -0.480 e. The molecule has 0 unspecified atom stereocenters. The SMILES string of the molecule is COc1ncc(Br)c(C(=O)O)c1Cl. The second-order valence-electron chi connectivity index (χ2n) is 2.11. The number of rotatable bonds is 2. The topological polar surface area (TPSA) is 59.4 Å². The van der Waals surface area contributed by atoms with Crippen LogP contribution in [0.5, 0.6) is 5.88 Å². The molecule has 0 saturated carbocycles. The van der Waals surface area contributed by atoms with E-state index in [9.17, 15) is 4.79 Å². The van der Waals surface area contributed by atoms with Crippen LogP contribution in [0.4, 0.5) is 0 Å². The van der Waals surface area contributed by atoms with Crippen LogP contribution in [0.25, 0.3) is 0 Å². The van der Waals surface area contributed by atoms with Gasteiger partial charge in [-0.15, -0.1) is 0 Å². The molecule has 0 spiro atoms. The minimum atomic E-state index is -1.13. The maximum atomic E-state index is 10.7. The molecular formula is C7H5BrClNO3. The van der Waals surface area contributed by atoms with E-state index in [0.29, 0.717) is 4.47 Å². The van der Waals surface area contributed by atoms with Gasteiger partial charge in [-0.2, -0.15) is 0 Å². The highest BCUT2D eigenvalue weighted by Crippen LogP contribution is 2.30. The lowest BCUT2D eigenvalue weighted by molar-refractivity contribution is 0.0695. The number of carboxylic acid groups (broad SMARTS) is 1. The lowest BCUT2D eigenvalue weighted by atomic mass is 10.3. The van der Waals surface area contributed by atoms with Gasteiger partial charge in [0.25, 0.3) is 0 Å². The lowest BCUT2D eigenvalue weighted by Gasteiger charge is -2.05. The number of aromatic carboxylic acids is 1. The molecule has 0 aromatic carbocycles. The van der Waals surface area contributed by atoms with Crippen LogP contribution in [0.15, 0.2) is 10.7 Å². The Balaban J connectivity index is 3.38. The molecule has 13 heavy (non-hydrogen) atoms. The largest absolute Gasteiger partial charge is 0.480 e. The van der Waals surface area contributed by atoms with E-state index >= 15 is 0 Å². The molecule has 1 N–H and O–H groups in total. The predicted molar refractivity (Wildman–Crippen MR) is 50.5 cm³/mol. The number of hydrogen-bond donors (Lipinski definition) is 1. The van der Waals surface area contributed by atoms with Gasteiger partial charge in [-0.05, 0) is 15.9 Å². The van der Waals surface area contributed by atoms with E-state index in [0.717, 1.165) is 0 Å². The van der Waals surface area contributed by atoms with Crippen molar-refractivity contribution in [1.29, 1.82) is 0 Å². The molecule has 1 rings (SSSR count). The van der Waals surface area contributed by atoms with Crippen molar-refractivity contribution in [3.05, 3.63) is 21.3 Å². The summed E-state index contributed by atoms with van der Waals surface area (Å²) in [4.78, 5) is 14.5. The van der Waals surface area contributed by atoms with Crippen molar-refractivity contribution in [3.8, 4) is 5.88 Å². The van der Waals surface area contributed by atoms with Crippen LogP contribution >= 0.6 is 27.5 Å². The maximum absolute atomic E-state index is 10.7. The number of carbonyl (C=O) groups is 1. The van der Waals surface area contributed by atoms with Gasteiger partial charge >= 0.3 is 5.97 Å². The van der Waals surface area contributed by atoms with Crippen LogP contribution in [-0.2, 0) is 0 Å². The predicted octanol–water partition coefficient (Wildman–Crippen LogP) is 2.20. The Morgan fingerprint density at radius 3 is 2.85 bits per heavy atom. The molecule has 0 saturated heterocycles. The summed E-state index contributed by atoms with van der Waals surface area (Å²) in [5, 5.41) is 8.76. The summed E-state index contributed by atoms with van der Waals surface area (Å²) in [5.74, 6) is -1.03. The van der Waals surface area contributed by atoms with Crippen molar-refractivity contribution in [1.82, 2.24) is 4.98 Å². The molecule has 0 atom stereocenters. The number of pyridine rings is 1. The van der Waals surface area contributed by atoms with Gasteiger partial charge in [0.05, 0.1) is 17.1 Å². The van der Waals surface area contributed by atoms with Crippen molar-refractivity contribution in [2.24, 2.45) is 0 Å². The molecule has 0 aliphatic carbocycles. The molecule has 0 amide bonds. The molecule has 1 aromatic rings. The fourth-order valence-electron chi connectivity index (χ4n) is 0.787. The molecule has 1 aromatic heterocycles. The van der Waals surface area contributed by atoms with Crippen molar-refractivity contribution >= 4 is 33.5 Å². The number of nitrogens with zero attached hydrogens (tertiary/aromatic N) is 1. The number of methoxy groups -OCH3 is 1. The first-order chi connectivity index (χ1) is 6.07. The van der Waals surface area contributed by atoms with E-state index < -0.39 is 5.97 Å². The van der Waals surface area contributed by atoms with Crippen LogP contribution in [-0.4, -0.2) is 23.2 Å². The first-order valence-corrected chi connectivity index (χ1v) is 4.36. The molecule has 0 fully saturated rings. The van der Waals surface area contributed by atoms with E-state index in [1.54, 1.807) is 0 Å². The summed E-state index contributed by atoms with van der Waals surface area (Å²) in [6.07, 6.45) is 1.33. The van der Waals surface area contributed by atoms with Gasteiger partial charge in [-0.3, -0.25) is 0 Å². The standard InChI is InChI=1S/C7H5BrClNO3/c1-13-6-5(9)4(7(11)12)3(8)2-10-6/h2H,1H3,(H,11,12). The molecule has 4 nitrogen and oxygen atoms in total. The highest BCUT2D eigenvalue weighted by Gasteiger charge is 2.17. The van der Waals surface area contributed by atoms with Crippen LogP contribution in [0.1, 0.15) is 10.4 Å². The molecular weight excluding hydrogens is 261 g/mol. The summed E-state index contributed by atoms with van der Waals surface area (Å²) < 4.78 is 5.09. The zero-order valence-corrected chi connectivity index (χ0v) is 8.89. The van der Waals surface area contributed by atoms with Crippen LogP contribution in [0, 0.1) is 0 Å². The van der Waals surface area contributed by atoms with Crippen molar-refractivity contribution in [3.63, 3.8) is 0 Å². The molecule has 0 aliphatic heterocycles. The Morgan fingerprint density at radius 2 is 2.38 bits per heavy atom. The van der Waals surface area contributed by atoms with E-state index in [2.05, 4.69) is 20.9 Å². The Morgan fingerprint density at radius 1 is 1.77 bits per heavy atom. The summed E-state index contributed by atoms with van der Waals surface area (Å²) in [6, 6.07) is 0.